The summed E-state index contributed by atoms with van der Waals surface area (Å²) in [4.78, 5) is 15.7. The second-order valence-corrected chi connectivity index (χ2v) is 7.01. The van der Waals surface area contributed by atoms with Crippen LogP contribution in [0.15, 0.2) is 41.4 Å². The molecule has 2 unspecified atom stereocenters. The van der Waals surface area contributed by atoms with E-state index in [2.05, 4.69) is 11.1 Å². The molecular weight excluding hydrogens is 388 g/mol. The molecule has 1 aliphatic heterocycles. The Kier molecular flexibility index (Phi) is 5.80. The molecule has 0 saturated heterocycles. The summed E-state index contributed by atoms with van der Waals surface area (Å²) in [6.07, 6.45) is 0. The molecule has 9 heteroatoms. The van der Waals surface area contributed by atoms with Crippen LogP contribution < -0.4 is 15.2 Å². The Morgan fingerprint density at radius 3 is 2.61 bits per heavy atom. The van der Waals surface area contributed by atoms with Crippen molar-refractivity contribution in [3.8, 4) is 17.6 Å². The molecule has 0 radical (unpaired) electrons. The second-order valence-electron chi connectivity index (χ2n) is 5.80. The lowest BCUT2D eigenvalue weighted by molar-refractivity contribution is 0.0991. The fraction of sp³-hybridized carbons (Fsp3) is 0.211. The molecule has 1 aliphatic rings. The Bertz CT molecular complexity index is 974. The average molecular weight is 403 g/mol. The molecule has 2 aromatic rings. The van der Waals surface area contributed by atoms with Gasteiger partial charge in [0.15, 0.2) is 11.6 Å². The maximum atomic E-state index is 14.2. The van der Waals surface area contributed by atoms with Gasteiger partial charge in [-0.15, -0.1) is 0 Å². The van der Waals surface area contributed by atoms with Crippen molar-refractivity contribution < 1.29 is 23.0 Å². The first kappa shape index (κ1) is 19.6. The minimum Gasteiger partial charge on any atom is -0.497 e. The van der Waals surface area contributed by atoms with Crippen LogP contribution in [0.2, 0.25) is 0 Å². The summed E-state index contributed by atoms with van der Waals surface area (Å²) in [5.41, 5.74) is 4.97. The number of amides is 1. The number of nitrogens with two attached hydrogens (primary N) is 1. The molecule has 28 heavy (non-hydrogen) atoms. The van der Waals surface area contributed by atoms with E-state index in [1.807, 2.05) is 12.1 Å². The van der Waals surface area contributed by atoms with Crippen LogP contribution in [-0.4, -0.2) is 29.9 Å². The summed E-state index contributed by atoms with van der Waals surface area (Å²) in [5.74, 6) is -3.08. The molecule has 144 valence electrons. The maximum Gasteiger partial charge on any atom is 0.254 e. The van der Waals surface area contributed by atoms with E-state index in [4.69, 9.17) is 15.2 Å². The molecule has 2 N–H and O–H groups in total. The first-order valence-electron chi connectivity index (χ1n) is 8.12. The Balaban J connectivity index is 1.77. The summed E-state index contributed by atoms with van der Waals surface area (Å²) in [5, 5.41) is 9.43. The van der Waals surface area contributed by atoms with Crippen LogP contribution in [-0.2, 0) is 0 Å². The number of halogens is 2. The summed E-state index contributed by atoms with van der Waals surface area (Å²) in [6, 6.07) is 10.9. The van der Waals surface area contributed by atoms with Crippen molar-refractivity contribution in [2.75, 3.05) is 13.7 Å². The van der Waals surface area contributed by atoms with Crippen molar-refractivity contribution in [2.24, 2.45) is 10.7 Å². The van der Waals surface area contributed by atoms with Crippen molar-refractivity contribution in [1.29, 1.82) is 5.26 Å². The van der Waals surface area contributed by atoms with E-state index < -0.39 is 34.4 Å². The van der Waals surface area contributed by atoms with Crippen molar-refractivity contribution in [2.45, 2.75) is 11.3 Å². The third-order valence-corrected chi connectivity index (χ3v) is 5.18. The van der Waals surface area contributed by atoms with E-state index >= 15 is 0 Å². The zero-order chi connectivity index (χ0) is 20.3. The lowest BCUT2D eigenvalue weighted by Gasteiger charge is -2.11. The Hall–Kier alpha value is -3.12. The van der Waals surface area contributed by atoms with Crippen LogP contribution in [0.3, 0.4) is 0 Å². The fourth-order valence-corrected chi connectivity index (χ4v) is 3.69. The van der Waals surface area contributed by atoms with Gasteiger partial charge in [0.05, 0.1) is 13.2 Å². The van der Waals surface area contributed by atoms with Gasteiger partial charge in [-0.1, -0.05) is 23.9 Å². The van der Waals surface area contributed by atoms with Crippen LogP contribution >= 0.6 is 11.8 Å². The van der Waals surface area contributed by atoms with Gasteiger partial charge in [-0.3, -0.25) is 9.79 Å². The largest absolute Gasteiger partial charge is 0.497 e. The molecule has 0 bridgehead atoms. The number of hydrogen-bond donors (Lipinski definition) is 1. The van der Waals surface area contributed by atoms with Gasteiger partial charge in [0.1, 0.15) is 40.1 Å². The van der Waals surface area contributed by atoms with Crippen molar-refractivity contribution >= 4 is 22.7 Å². The molecule has 0 saturated carbocycles. The highest BCUT2D eigenvalue weighted by Crippen LogP contribution is 2.38. The van der Waals surface area contributed by atoms with Crippen molar-refractivity contribution in [3.05, 3.63) is 59.2 Å². The van der Waals surface area contributed by atoms with E-state index in [-0.39, 0.29) is 12.4 Å². The number of rotatable bonds is 6. The van der Waals surface area contributed by atoms with Crippen LogP contribution in [0.1, 0.15) is 22.0 Å². The van der Waals surface area contributed by atoms with E-state index in [1.54, 1.807) is 19.2 Å². The van der Waals surface area contributed by atoms with Gasteiger partial charge in [0.2, 0.25) is 0 Å². The van der Waals surface area contributed by atoms with Gasteiger partial charge in [0.25, 0.3) is 5.91 Å². The number of benzene rings is 2. The Labute approximate surface area is 164 Å². The Morgan fingerprint density at radius 1 is 1.29 bits per heavy atom. The molecule has 1 amide bonds. The number of thioether (sulfide) groups is 1. The standard InChI is InChI=1S/C19H15F2N3O3S/c1-26-11-4-2-10(3-5-11)18-14(8-22)28-15(24-18)9-27-13-7-6-12(20)16(17(13)21)19(23)25/h2-7,14,18H,9H2,1H3,(H2,23,25). The molecule has 2 aromatic carbocycles. The lowest BCUT2D eigenvalue weighted by Crippen LogP contribution is -2.17. The number of primary amides is 1. The highest BCUT2D eigenvalue weighted by molar-refractivity contribution is 8.15. The number of hydrogen-bond acceptors (Lipinski definition) is 6. The smallest absolute Gasteiger partial charge is 0.254 e. The summed E-state index contributed by atoms with van der Waals surface area (Å²) < 4.78 is 38.2. The summed E-state index contributed by atoms with van der Waals surface area (Å²) in [6.45, 7) is -0.129. The highest BCUT2D eigenvalue weighted by Gasteiger charge is 2.32. The van der Waals surface area contributed by atoms with E-state index in [0.717, 1.165) is 17.7 Å². The van der Waals surface area contributed by atoms with Crippen LogP contribution in [0.5, 0.6) is 11.5 Å². The van der Waals surface area contributed by atoms with E-state index in [0.29, 0.717) is 10.8 Å². The van der Waals surface area contributed by atoms with Crippen LogP contribution in [0.25, 0.3) is 0 Å². The molecule has 0 fully saturated rings. The third kappa shape index (κ3) is 3.92. The number of nitrogens with zero attached hydrogens (tertiary/aromatic N) is 2. The molecule has 3 rings (SSSR count). The SMILES string of the molecule is COc1ccc(C2N=C(COc3ccc(F)c(C(N)=O)c3F)SC2C#N)cc1. The molecule has 0 aromatic heterocycles. The van der Waals surface area contributed by atoms with E-state index in [1.165, 1.54) is 11.8 Å². The average Bonchev–Trinajstić information content (AvgIpc) is 3.10. The summed E-state index contributed by atoms with van der Waals surface area (Å²) in [7, 11) is 1.56. The molecular formula is C19H15F2N3O3S. The maximum absolute atomic E-state index is 14.2. The number of methoxy groups -OCH3 is 1. The number of carbonyl (C=O) groups is 1. The predicted octanol–water partition coefficient (Wildman–Crippen LogP) is 3.23. The molecule has 0 aliphatic carbocycles. The van der Waals surface area contributed by atoms with Crippen molar-refractivity contribution in [3.63, 3.8) is 0 Å². The Morgan fingerprint density at radius 2 is 2.00 bits per heavy atom. The van der Waals surface area contributed by atoms with Gasteiger partial charge in [-0.25, -0.2) is 8.78 Å². The lowest BCUT2D eigenvalue weighted by atomic mass is 10.0. The zero-order valence-electron chi connectivity index (χ0n) is 14.7. The van der Waals surface area contributed by atoms with E-state index in [9.17, 15) is 18.8 Å². The number of ether oxygens (including phenoxy) is 2. The first-order chi connectivity index (χ1) is 13.4. The zero-order valence-corrected chi connectivity index (χ0v) is 15.5. The third-order valence-electron chi connectivity index (χ3n) is 4.07. The van der Waals surface area contributed by atoms with Gasteiger partial charge in [-0.05, 0) is 29.8 Å². The molecule has 2 atom stereocenters. The van der Waals surface area contributed by atoms with Crippen molar-refractivity contribution in [1.82, 2.24) is 0 Å². The van der Waals surface area contributed by atoms with Gasteiger partial charge in [0, 0.05) is 0 Å². The monoisotopic (exact) mass is 403 g/mol. The summed E-state index contributed by atoms with van der Waals surface area (Å²) >= 11 is 1.21. The fourth-order valence-electron chi connectivity index (χ4n) is 2.69. The number of carbonyl (C=O) groups excluding carboxylic acids is 1. The topological polar surface area (TPSA) is 97.7 Å². The molecule has 1 heterocycles. The normalized spacial score (nSPS) is 18.3. The quantitative estimate of drug-likeness (QED) is 0.799. The predicted molar refractivity (Wildman–Crippen MR) is 101 cm³/mol. The minimum atomic E-state index is -1.22. The molecule has 6 nitrogen and oxygen atoms in total. The first-order valence-corrected chi connectivity index (χ1v) is 9.00. The highest BCUT2D eigenvalue weighted by atomic mass is 32.2. The number of nitriles is 1. The second kappa shape index (κ2) is 8.27. The molecule has 0 spiro atoms. The van der Waals surface area contributed by atoms with Crippen LogP contribution in [0.4, 0.5) is 8.78 Å². The minimum absolute atomic E-state index is 0.129. The van der Waals surface area contributed by atoms with Gasteiger partial charge >= 0.3 is 0 Å². The van der Waals surface area contributed by atoms with Gasteiger partial charge < -0.3 is 15.2 Å². The number of aliphatic imine (C=N–C) groups is 1. The van der Waals surface area contributed by atoms with Gasteiger partial charge in [-0.2, -0.15) is 5.26 Å². The van der Waals surface area contributed by atoms with Crippen LogP contribution in [0, 0.1) is 23.0 Å².